The summed E-state index contributed by atoms with van der Waals surface area (Å²) >= 11 is 1.51. The molecule has 1 fully saturated rings. The number of thiophene rings is 1. The van der Waals surface area contributed by atoms with E-state index in [1.165, 1.54) is 22.2 Å². The van der Waals surface area contributed by atoms with Crippen LogP contribution >= 0.6 is 11.3 Å². The SMILES string of the molecule is Nc1ncnc2c1nc(N/N=C\c1cccs1)n2[C@H]1O[C@@H](CO)[C@@H](O)[C@@H]1O. The third-order valence-electron chi connectivity index (χ3n) is 4.18. The van der Waals surface area contributed by atoms with E-state index in [-0.39, 0.29) is 11.8 Å². The van der Waals surface area contributed by atoms with Gasteiger partial charge in [0.1, 0.15) is 24.6 Å². The van der Waals surface area contributed by atoms with Gasteiger partial charge in [-0.2, -0.15) is 5.10 Å². The van der Waals surface area contributed by atoms with Crippen LogP contribution in [0.2, 0.25) is 0 Å². The molecule has 0 radical (unpaired) electrons. The van der Waals surface area contributed by atoms with Gasteiger partial charge in [0, 0.05) is 4.88 Å². The van der Waals surface area contributed by atoms with Crippen molar-refractivity contribution in [2.24, 2.45) is 5.10 Å². The molecule has 0 amide bonds. The fraction of sp³-hybridized carbons (Fsp3) is 0.333. The van der Waals surface area contributed by atoms with Crippen LogP contribution in [-0.2, 0) is 4.74 Å². The van der Waals surface area contributed by atoms with Gasteiger partial charge in [-0.25, -0.2) is 20.4 Å². The molecule has 6 N–H and O–H groups in total. The molecule has 1 aliphatic rings. The molecule has 27 heavy (non-hydrogen) atoms. The Morgan fingerprint density at radius 1 is 1.37 bits per heavy atom. The van der Waals surface area contributed by atoms with Crippen molar-refractivity contribution in [2.45, 2.75) is 24.5 Å². The Kier molecular flexibility index (Phi) is 4.72. The largest absolute Gasteiger partial charge is 0.394 e. The third-order valence-corrected chi connectivity index (χ3v) is 4.98. The number of aliphatic hydroxyl groups is 3. The molecule has 0 spiro atoms. The number of hydrogen-bond donors (Lipinski definition) is 5. The number of ether oxygens (including phenoxy) is 1. The number of rotatable bonds is 5. The van der Waals surface area contributed by atoms with Crippen LogP contribution in [0.15, 0.2) is 28.9 Å². The Labute approximate surface area is 156 Å². The number of aliphatic hydroxyl groups excluding tert-OH is 3. The number of fused-ring (bicyclic) bond motifs is 1. The normalized spacial score (nSPS) is 25.6. The molecule has 4 heterocycles. The van der Waals surface area contributed by atoms with Crippen LogP contribution < -0.4 is 11.2 Å². The fourth-order valence-corrected chi connectivity index (χ4v) is 3.44. The average molecular weight is 391 g/mol. The van der Waals surface area contributed by atoms with Crippen molar-refractivity contribution in [1.82, 2.24) is 19.5 Å². The zero-order chi connectivity index (χ0) is 19.0. The molecule has 4 atom stereocenters. The molecular formula is C15H17N7O4S. The standard InChI is InChI=1S/C15H17N7O4S/c16-12-9-13(18-6-17-12)22(14-11(25)10(24)8(5-23)26-14)15(20-9)21-19-4-7-2-1-3-27-7/h1-4,6,8,10-11,14,23-25H,5H2,(H,20,21)(H2,16,17,18)/b19-4-/t8-,10+,11-,14-/m0/s1. The number of imidazole rings is 1. The molecule has 0 unspecified atom stereocenters. The van der Waals surface area contributed by atoms with Crippen molar-refractivity contribution < 1.29 is 20.1 Å². The number of aromatic nitrogens is 4. The highest BCUT2D eigenvalue weighted by molar-refractivity contribution is 7.11. The van der Waals surface area contributed by atoms with Gasteiger partial charge in [0.15, 0.2) is 23.2 Å². The van der Waals surface area contributed by atoms with Crippen molar-refractivity contribution >= 4 is 40.5 Å². The Morgan fingerprint density at radius 3 is 2.93 bits per heavy atom. The molecule has 11 nitrogen and oxygen atoms in total. The Morgan fingerprint density at radius 2 is 2.22 bits per heavy atom. The van der Waals surface area contributed by atoms with Crippen LogP contribution in [0.5, 0.6) is 0 Å². The van der Waals surface area contributed by atoms with Crippen LogP contribution in [0.4, 0.5) is 11.8 Å². The Hall–Kier alpha value is -2.64. The highest BCUT2D eigenvalue weighted by Crippen LogP contribution is 2.35. The summed E-state index contributed by atoms with van der Waals surface area (Å²) in [6.45, 7) is -0.447. The van der Waals surface area contributed by atoms with E-state index in [0.717, 1.165) is 4.88 Å². The maximum atomic E-state index is 10.4. The number of hydrazone groups is 1. The van der Waals surface area contributed by atoms with E-state index < -0.39 is 31.1 Å². The fourth-order valence-electron chi connectivity index (χ4n) is 2.86. The van der Waals surface area contributed by atoms with Gasteiger partial charge in [0.05, 0.1) is 12.8 Å². The highest BCUT2D eigenvalue weighted by Gasteiger charge is 2.45. The van der Waals surface area contributed by atoms with Crippen LogP contribution in [0, 0.1) is 0 Å². The van der Waals surface area contributed by atoms with Gasteiger partial charge in [-0.05, 0) is 11.4 Å². The van der Waals surface area contributed by atoms with E-state index in [0.29, 0.717) is 11.2 Å². The minimum absolute atomic E-state index is 0.149. The second-order valence-corrected chi connectivity index (χ2v) is 6.83. The first-order valence-electron chi connectivity index (χ1n) is 8.03. The van der Waals surface area contributed by atoms with Gasteiger partial charge in [0.2, 0.25) is 5.95 Å². The summed E-state index contributed by atoms with van der Waals surface area (Å²) in [6, 6.07) is 3.80. The molecule has 0 aromatic carbocycles. The molecule has 142 valence electrons. The maximum Gasteiger partial charge on any atom is 0.228 e. The van der Waals surface area contributed by atoms with Gasteiger partial charge in [0.25, 0.3) is 0 Å². The van der Waals surface area contributed by atoms with Crippen LogP contribution in [-0.4, -0.2) is 66.0 Å². The summed E-state index contributed by atoms with van der Waals surface area (Å²) in [5.74, 6) is 0.343. The molecule has 12 heteroatoms. The third kappa shape index (κ3) is 3.13. The van der Waals surface area contributed by atoms with Crippen molar-refractivity contribution in [1.29, 1.82) is 0 Å². The van der Waals surface area contributed by atoms with Crippen molar-refractivity contribution in [3.8, 4) is 0 Å². The smallest absolute Gasteiger partial charge is 0.228 e. The van der Waals surface area contributed by atoms with E-state index in [9.17, 15) is 15.3 Å². The van der Waals surface area contributed by atoms with E-state index in [1.54, 1.807) is 6.21 Å². The number of anilines is 2. The summed E-state index contributed by atoms with van der Waals surface area (Å²) in [5.41, 5.74) is 9.25. The van der Waals surface area contributed by atoms with Gasteiger partial charge in [-0.15, -0.1) is 11.3 Å². The number of nitrogens with two attached hydrogens (primary N) is 1. The van der Waals surface area contributed by atoms with Crippen LogP contribution in [0.25, 0.3) is 11.2 Å². The molecule has 0 aliphatic carbocycles. The number of nitrogens with one attached hydrogen (secondary N) is 1. The average Bonchev–Trinajstić information content (AvgIpc) is 3.36. The van der Waals surface area contributed by atoms with Crippen LogP contribution in [0.1, 0.15) is 11.1 Å². The molecule has 3 aromatic rings. The first-order chi connectivity index (χ1) is 13.1. The minimum atomic E-state index is -1.31. The number of nitrogen functional groups attached to an aromatic ring is 1. The van der Waals surface area contributed by atoms with Crippen molar-refractivity contribution in [2.75, 3.05) is 17.8 Å². The molecular weight excluding hydrogens is 374 g/mol. The van der Waals surface area contributed by atoms with E-state index in [4.69, 9.17) is 10.5 Å². The van der Waals surface area contributed by atoms with Crippen molar-refractivity contribution in [3.05, 3.63) is 28.7 Å². The molecule has 3 aromatic heterocycles. The lowest BCUT2D eigenvalue weighted by Gasteiger charge is -2.18. The maximum absolute atomic E-state index is 10.4. The molecule has 4 rings (SSSR count). The van der Waals surface area contributed by atoms with Gasteiger partial charge in [-0.3, -0.25) is 4.57 Å². The second kappa shape index (κ2) is 7.17. The Bertz CT molecular complexity index is 961. The summed E-state index contributed by atoms with van der Waals surface area (Å²) in [5, 5.41) is 35.9. The van der Waals surface area contributed by atoms with Crippen molar-refractivity contribution in [3.63, 3.8) is 0 Å². The van der Waals surface area contributed by atoms with E-state index >= 15 is 0 Å². The van der Waals surface area contributed by atoms with Gasteiger partial charge >= 0.3 is 0 Å². The lowest BCUT2D eigenvalue weighted by atomic mass is 10.1. The second-order valence-electron chi connectivity index (χ2n) is 5.85. The summed E-state index contributed by atoms with van der Waals surface area (Å²) < 4.78 is 7.04. The summed E-state index contributed by atoms with van der Waals surface area (Å²) in [6.07, 6.45) is -1.69. The molecule has 0 bridgehead atoms. The quantitative estimate of drug-likeness (QED) is 0.285. The zero-order valence-corrected chi connectivity index (χ0v) is 14.7. The first kappa shape index (κ1) is 17.8. The predicted octanol–water partition coefficient (Wildman–Crippen LogP) is -0.473. The monoisotopic (exact) mass is 391 g/mol. The minimum Gasteiger partial charge on any atom is -0.394 e. The molecule has 0 saturated carbocycles. The molecule has 1 aliphatic heterocycles. The van der Waals surface area contributed by atoms with Gasteiger partial charge < -0.3 is 25.8 Å². The van der Waals surface area contributed by atoms with E-state index in [2.05, 4.69) is 25.5 Å². The summed E-state index contributed by atoms with van der Waals surface area (Å²) in [7, 11) is 0. The first-order valence-corrected chi connectivity index (χ1v) is 8.91. The molecule has 1 saturated heterocycles. The number of nitrogens with zero attached hydrogens (tertiary/aromatic N) is 5. The zero-order valence-electron chi connectivity index (χ0n) is 13.9. The Balaban J connectivity index is 1.74. The highest BCUT2D eigenvalue weighted by atomic mass is 32.1. The lowest BCUT2D eigenvalue weighted by Crippen LogP contribution is -2.33. The predicted molar refractivity (Wildman–Crippen MR) is 98.3 cm³/mol. The van der Waals surface area contributed by atoms with Gasteiger partial charge in [-0.1, -0.05) is 6.07 Å². The topological polar surface area (TPSA) is 164 Å². The summed E-state index contributed by atoms with van der Waals surface area (Å²) in [4.78, 5) is 13.3. The lowest BCUT2D eigenvalue weighted by molar-refractivity contribution is -0.0501. The van der Waals surface area contributed by atoms with E-state index in [1.807, 2.05) is 17.5 Å². The van der Waals surface area contributed by atoms with Crippen LogP contribution in [0.3, 0.4) is 0 Å². The number of hydrogen-bond acceptors (Lipinski definition) is 11.